The monoisotopic (exact) mass is 245 g/mol. The van der Waals surface area contributed by atoms with Crippen molar-refractivity contribution in [3.05, 3.63) is 35.4 Å². The van der Waals surface area contributed by atoms with E-state index in [0.717, 1.165) is 24.4 Å². The maximum atomic E-state index is 10.5. The molecule has 1 aromatic rings. The van der Waals surface area contributed by atoms with Crippen molar-refractivity contribution < 1.29 is 5.11 Å². The third kappa shape index (κ3) is 1.98. The predicted octanol–water partition coefficient (Wildman–Crippen LogP) is 2.77. The highest BCUT2D eigenvalue weighted by molar-refractivity contribution is 5.36. The predicted molar refractivity (Wildman–Crippen MR) is 73.5 cm³/mol. The van der Waals surface area contributed by atoms with Crippen LogP contribution in [0, 0.1) is 5.92 Å². The molecule has 1 fully saturated rings. The number of rotatable bonds is 1. The molecule has 1 N–H and O–H groups in total. The molecule has 18 heavy (non-hydrogen) atoms. The standard InChI is InChI=1S/C16H23NO/c1-11-7-8-17(12(2)9-11)15-10-13-5-3-4-6-14(13)16(15)18/h3-6,11-12,15-16,18H,7-10H2,1-2H3. The number of benzene rings is 1. The maximum absolute atomic E-state index is 10.5. The van der Waals surface area contributed by atoms with Gasteiger partial charge >= 0.3 is 0 Å². The summed E-state index contributed by atoms with van der Waals surface area (Å²) >= 11 is 0. The van der Waals surface area contributed by atoms with Crippen molar-refractivity contribution in [2.24, 2.45) is 5.92 Å². The lowest BCUT2D eigenvalue weighted by atomic mass is 9.91. The highest BCUT2D eigenvalue weighted by Crippen LogP contribution is 2.37. The molecule has 4 unspecified atom stereocenters. The van der Waals surface area contributed by atoms with Gasteiger partial charge in [0.1, 0.15) is 0 Å². The molecule has 1 aliphatic carbocycles. The van der Waals surface area contributed by atoms with E-state index in [2.05, 4.69) is 36.9 Å². The van der Waals surface area contributed by atoms with Crippen molar-refractivity contribution in [2.45, 2.75) is 51.3 Å². The lowest BCUT2D eigenvalue weighted by molar-refractivity contribution is 0.0115. The summed E-state index contributed by atoms with van der Waals surface area (Å²) in [7, 11) is 0. The summed E-state index contributed by atoms with van der Waals surface area (Å²) in [6, 6.07) is 9.25. The molecule has 4 atom stereocenters. The van der Waals surface area contributed by atoms with Crippen LogP contribution in [0.25, 0.3) is 0 Å². The van der Waals surface area contributed by atoms with Crippen LogP contribution in [-0.2, 0) is 6.42 Å². The number of piperidine rings is 1. The van der Waals surface area contributed by atoms with E-state index >= 15 is 0 Å². The molecule has 2 heteroatoms. The molecule has 0 amide bonds. The van der Waals surface area contributed by atoms with Gasteiger partial charge in [-0.3, -0.25) is 4.90 Å². The third-order valence-electron chi connectivity index (χ3n) is 4.78. The quantitative estimate of drug-likeness (QED) is 0.822. The van der Waals surface area contributed by atoms with Crippen LogP contribution in [0.5, 0.6) is 0 Å². The molecule has 2 aliphatic rings. The molecule has 1 aliphatic heterocycles. The second-order valence-corrected chi connectivity index (χ2v) is 6.13. The zero-order valence-corrected chi connectivity index (χ0v) is 11.3. The van der Waals surface area contributed by atoms with Crippen LogP contribution in [0.3, 0.4) is 0 Å². The Hall–Kier alpha value is -0.860. The Kier molecular flexibility index (Phi) is 3.16. The van der Waals surface area contributed by atoms with Gasteiger partial charge < -0.3 is 5.11 Å². The molecule has 1 heterocycles. The Labute approximate surface area is 110 Å². The van der Waals surface area contributed by atoms with Crippen molar-refractivity contribution in [1.82, 2.24) is 4.90 Å². The largest absolute Gasteiger partial charge is 0.387 e. The van der Waals surface area contributed by atoms with Gasteiger partial charge in [-0.25, -0.2) is 0 Å². The average Bonchev–Trinajstić information content (AvgIpc) is 2.68. The van der Waals surface area contributed by atoms with Gasteiger partial charge in [0.25, 0.3) is 0 Å². The van der Waals surface area contributed by atoms with E-state index < -0.39 is 0 Å². The third-order valence-corrected chi connectivity index (χ3v) is 4.78. The van der Waals surface area contributed by atoms with Gasteiger partial charge in [0.15, 0.2) is 0 Å². The van der Waals surface area contributed by atoms with E-state index in [1.807, 2.05) is 6.07 Å². The van der Waals surface area contributed by atoms with Crippen molar-refractivity contribution in [3.8, 4) is 0 Å². The first kappa shape index (κ1) is 12.2. The fraction of sp³-hybridized carbons (Fsp3) is 0.625. The molecule has 2 nitrogen and oxygen atoms in total. The first-order chi connectivity index (χ1) is 8.66. The Bertz CT molecular complexity index is 431. The van der Waals surface area contributed by atoms with Crippen LogP contribution < -0.4 is 0 Å². The van der Waals surface area contributed by atoms with Crippen LogP contribution in [0.15, 0.2) is 24.3 Å². The Balaban J connectivity index is 1.80. The second-order valence-electron chi connectivity index (χ2n) is 6.13. The fourth-order valence-electron chi connectivity index (χ4n) is 3.77. The molecule has 3 rings (SSSR count). The summed E-state index contributed by atoms with van der Waals surface area (Å²) in [5, 5.41) is 10.5. The molecule has 0 bridgehead atoms. The van der Waals surface area contributed by atoms with Crippen LogP contribution in [0.1, 0.15) is 43.9 Å². The highest BCUT2D eigenvalue weighted by Gasteiger charge is 2.38. The fourth-order valence-corrected chi connectivity index (χ4v) is 3.77. The van der Waals surface area contributed by atoms with Gasteiger partial charge in [-0.1, -0.05) is 31.2 Å². The molecule has 98 valence electrons. The number of aliphatic hydroxyl groups excluding tert-OH is 1. The molecule has 0 radical (unpaired) electrons. The van der Waals surface area contributed by atoms with Crippen molar-refractivity contribution in [2.75, 3.05) is 6.54 Å². The maximum Gasteiger partial charge on any atom is 0.0951 e. The topological polar surface area (TPSA) is 23.5 Å². The molecule has 1 aromatic carbocycles. The van der Waals surface area contributed by atoms with E-state index in [9.17, 15) is 5.11 Å². The zero-order valence-electron chi connectivity index (χ0n) is 11.3. The van der Waals surface area contributed by atoms with Gasteiger partial charge in [-0.2, -0.15) is 0 Å². The Morgan fingerprint density at radius 2 is 2.00 bits per heavy atom. The normalized spacial score (nSPS) is 36.6. The zero-order chi connectivity index (χ0) is 12.7. The molecular formula is C16H23NO. The summed E-state index contributed by atoms with van der Waals surface area (Å²) in [5.74, 6) is 0.831. The summed E-state index contributed by atoms with van der Waals surface area (Å²) in [6.45, 7) is 5.79. The lowest BCUT2D eigenvalue weighted by Crippen LogP contribution is -2.48. The first-order valence-corrected chi connectivity index (χ1v) is 7.18. The van der Waals surface area contributed by atoms with E-state index in [0.29, 0.717) is 12.1 Å². The van der Waals surface area contributed by atoms with Gasteiger partial charge in [0.05, 0.1) is 6.10 Å². The van der Waals surface area contributed by atoms with Gasteiger partial charge in [0, 0.05) is 12.1 Å². The molecule has 0 saturated carbocycles. The number of hydrogen-bond donors (Lipinski definition) is 1. The minimum absolute atomic E-state index is 0.294. The van der Waals surface area contributed by atoms with Crippen LogP contribution in [-0.4, -0.2) is 28.6 Å². The van der Waals surface area contributed by atoms with E-state index in [-0.39, 0.29) is 6.10 Å². The Morgan fingerprint density at radius 3 is 2.72 bits per heavy atom. The second kappa shape index (κ2) is 4.67. The first-order valence-electron chi connectivity index (χ1n) is 7.18. The van der Waals surface area contributed by atoms with Gasteiger partial charge in [-0.15, -0.1) is 0 Å². The summed E-state index contributed by atoms with van der Waals surface area (Å²) in [4.78, 5) is 2.53. The van der Waals surface area contributed by atoms with Gasteiger partial charge in [0.2, 0.25) is 0 Å². The average molecular weight is 245 g/mol. The molecule has 0 spiro atoms. The van der Waals surface area contributed by atoms with Crippen LogP contribution in [0.4, 0.5) is 0 Å². The number of likely N-dealkylation sites (tertiary alicyclic amines) is 1. The van der Waals surface area contributed by atoms with E-state index in [1.54, 1.807) is 0 Å². The van der Waals surface area contributed by atoms with Crippen molar-refractivity contribution in [1.29, 1.82) is 0 Å². The van der Waals surface area contributed by atoms with E-state index in [4.69, 9.17) is 0 Å². The van der Waals surface area contributed by atoms with Crippen molar-refractivity contribution in [3.63, 3.8) is 0 Å². The molecule has 1 saturated heterocycles. The number of nitrogens with zero attached hydrogens (tertiary/aromatic N) is 1. The van der Waals surface area contributed by atoms with Crippen LogP contribution >= 0.6 is 0 Å². The SMILES string of the molecule is CC1CCN(C2Cc3ccccc3C2O)C(C)C1. The smallest absolute Gasteiger partial charge is 0.0951 e. The molecular weight excluding hydrogens is 222 g/mol. The minimum Gasteiger partial charge on any atom is -0.387 e. The van der Waals surface area contributed by atoms with Crippen LogP contribution in [0.2, 0.25) is 0 Å². The Morgan fingerprint density at radius 1 is 1.22 bits per heavy atom. The number of fused-ring (bicyclic) bond motifs is 1. The lowest BCUT2D eigenvalue weighted by Gasteiger charge is -2.41. The molecule has 0 aromatic heterocycles. The highest BCUT2D eigenvalue weighted by atomic mass is 16.3. The van der Waals surface area contributed by atoms with Gasteiger partial charge in [-0.05, 0) is 49.8 Å². The van der Waals surface area contributed by atoms with Crippen molar-refractivity contribution >= 4 is 0 Å². The van der Waals surface area contributed by atoms with E-state index in [1.165, 1.54) is 18.4 Å². The summed E-state index contributed by atoms with van der Waals surface area (Å²) in [6.07, 6.45) is 3.25. The minimum atomic E-state index is -0.294. The number of hydrogen-bond acceptors (Lipinski definition) is 2. The number of aliphatic hydroxyl groups is 1. The summed E-state index contributed by atoms with van der Waals surface area (Å²) < 4.78 is 0. The summed E-state index contributed by atoms with van der Waals surface area (Å²) in [5.41, 5.74) is 2.48.